The van der Waals surface area contributed by atoms with Crippen molar-refractivity contribution >= 4 is 19.7 Å². The number of hydrogen-bond donors (Lipinski definition) is 2. The van der Waals surface area contributed by atoms with E-state index in [-0.39, 0.29) is 31.5 Å². The standard InChI is InChI=1S/C80H141N2O7P/c1-7-10-13-16-19-22-25-28-30-32-34-36-38-40-41-43-45-47-49-51-53-55-58-61-64-67-70-73-80(84)89-78(71-68-65-62-59-56-27-24-21-18-15-12-9-3)77(76-88-90(85,86)87-75-74-82(4,5)6)81-79(83)72-69-66-63-60-57-54-52-50-48-46-44-42-39-37-35-33-31-29-26-23-20-17-14-11-8-2/h10,13,19-20,22-23,28-31,34-37,40-42,44,68,71,77-78H,7-9,11-12,14-18,21,24-27,32-33,38-39,43,45-67,69-70,72-76H2,1-6H3,(H-,81,83,85,86)/p+1/b13-10-,22-19-,23-20-,30-28-,31-29-,36-34-,37-35-,41-40-,44-42-,71-68+. The van der Waals surface area contributed by atoms with Gasteiger partial charge in [-0.3, -0.25) is 18.6 Å². The van der Waals surface area contributed by atoms with Crippen molar-refractivity contribution in [3.63, 3.8) is 0 Å². The molecule has 9 nitrogen and oxygen atoms in total. The van der Waals surface area contributed by atoms with Crippen LogP contribution < -0.4 is 5.32 Å². The maximum atomic E-state index is 13.6. The Morgan fingerprint density at radius 3 is 1.09 bits per heavy atom. The summed E-state index contributed by atoms with van der Waals surface area (Å²) in [4.78, 5) is 38.0. The second-order valence-electron chi connectivity index (χ2n) is 26.1. The molecule has 90 heavy (non-hydrogen) atoms. The zero-order valence-electron chi connectivity index (χ0n) is 59.3. The molecular weight excluding hydrogens is 1130 g/mol. The molecule has 0 aromatic carbocycles. The van der Waals surface area contributed by atoms with Gasteiger partial charge in [-0.05, 0) is 122 Å². The van der Waals surface area contributed by atoms with E-state index in [1.54, 1.807) is 0 Å². The van der Waals surface area contributed by atoms with Crippen LogP contribution in [0.25, 0.3) is 0 Å². The third kappa shape index (κ3) is 68.8. The molecule has 3 unspecified atom stereocenters. The van der Waals surface area contributed by atoms with E-state index in [2.05, 4.69) is 135 Å². The molecule has 0 heterocycles. The monoisotopic (exact) mass is 1270 g/mol. The molecule has 0 aliphatic rings. The number of amides is 1. The molecule has 3 atom stereocenters. The van der Waals surface area contributed by atoms with Crippen LogP contribution in [0.5, 0.6) is 0 Å². The SMILES string of the molecule is CC/C=C\C/C=C\C/C=C\C/C=C\C/C=C\CCCCCCCCCCCCCC(=O)OC(/C=C/CCCCCCCCCCCC)C(COP(=O)(O)OCC[N+](C)(C)C)NC(=O)CCCCCCCCCCC/C=C\C/C=C\C/C=C\C/C=C\CCCCC. The lowest BCUT2D eigenvalue weighted by molar-refractivity contribution is -0.870. The lowest BCUT2D eigenvalue weighted by Gasteiger charge is -2.27. The van der Waals surface area contributed by atoms with Gasteiger partial charge in [-0.25, -0.2) is 4.57 Å². The molecule has 0 saturated carbocycles. The largest absolute Gasteiger partial charge is 0.472 e. The van der Waals surface area contributed by atoms with Crippen LogP contribution in [0.2, 0.25) is 0 Å². The lowest BCUT2D eigenvalue weighted by atomic mass is 10.0. The number of hydrogen-bond acceptors (Lipinski definition) is 6. The molecule has 0 fully saturated rings. The van der Waals surface area contributed by atoms with E-state index in [4.69, 9.17) is 13.8 Å². The van der Waals surface area contributed by atoms with Crippen LogP contribution in [0.15, 0.2) is 122 Å². The first-order chi connectivity index (χ1) is 43.9. The molecule has 0 radical (unpaired) electrons. The molecule has 0 aromatic heterocycles. The van der Waals surface area contributed by atoms with Gasteiger partial charge in [0, 0.05) is 12.8 Å². The summed E-state index contributed by atoms with van der Waals surface area (Å²) >= 11 is 0. The normalized spacial score (nSPS) is 14.2. The van der Waals surface area contributed by atoms with E-state index in [9.17, 15) is 19.0 Å². The van der Waals surface area contributed by atoms with Crippen LogP contribution in [-0.4, -0.2) is 74.3 Å². The maximum absolute atomic E-state index is 13.6. The molecule has 2 N–H and O–H groups in total. The Labute approximate surface area is 556 Å². The van der Waals surface area contributed by atoms with Gasteiger partial charge in [0.15, 0.2) is 0 Å². The zero-order chi connectivity index (χ0) is 65.6. The number of quaternary nitrogens is 1. The Hall–Kier alpha value is -3.59. The predicted molar refractivity (Wildman–Crippen MR) is 392 cm³/mol. The maximum Gasteiger partial charge on any atom is 0.472 e. The number of nitrogens with one attached hydrogen (secondary N) is 1. The smallest absolute Gasteiger partial charge is 0.456 e. The van der Waals surface area contributed by atoms with E-state index < -0.39 is 20.0 Å². The molecule has 10 heteroatoms. The summed E-state index contributed by atoms with van der Waals surface area (Å²) in [6, 6.07) is -0.862. The van der Waals surface area contributed by atoms with E-state index in [1.807, 2.05) is 33.3 Å². The minimum absolute atomic E-state index is 0.0334. The summed E-state index contributed by atoms with van der Waals surface area (Å²) < 4.78 is 30.9. The highest BCUT2D eigenvalue weighted by Gasteiger charge is 2.30. The Bertz CT molecular complexity index is 1960. The number of phosphoric ester groups is 1. The second-order valence-corrected chi connectivity index (χ2v) is 27.5. The predicted octanol–water partition coefficient (Wildman–Crippen LogP) is 24.2. The van der Waals surface area contributed by atoms with E-state index in [1.165, 1.54) is 167 Å². The Morgan fingerprint density at radius 2 is 0.711 bits per heavy atom. The fraction of sp³-hybridized carbons (Fsp3) is 0.725. The van der Waals surface area contributed by atoms with E-state index >= 15 is 0 Å². The molecule has 0 aromatic rings. The van der Waals surface area contributed by atoms with Gasteiger partial charge in [0.2, 0.25) is 5.91 Å². The average Bonchev–Trinajstić information content (AvgIpc) is 3.12. The Kier molecular flexibility index (Phi) is 65.6. The molecule has 0 spiro atoms. The highest BCUT2D eigenvalue weighted by molar-refractivity contribution is 7.47. The zero-order valence-corrected chi connectivity index (χ0v) is 60.2. The molecular formula is C80H142N2O7P+. The fourth-order valence-electron chi connectivity index (χ4n) is 10.4. The number of phosphoric acid groups is 1. The van der Waals surface area contributed by atoms with Crippen LogP contribution in [0.1, 0.15) is 323 Å². The van der Waals surface area contributed by atoms with Crippen LogP contribution in [0.4, 0.5) is 0 Å². The molecule has 0 saturated heterocycles. The number of esters is 1. The van der Waals surface area contributed by atoms with Gasteiger partial charge in [-0.1, -0.05) is 310 Å². The van der Waals surface area contributed by atoms with Crippen molar-refractivity contribution in [2.24, 2.45) is 0 Å². The second kappa shape index (κ2) is 68.3. The van der Waals surface area contributed by atoms with Gasteiger partial charge in [0.05, 0.1) is 33.8 Å². The number of allylic oxidation sites excluding steroid dienone is 19. The van der Waals surface area contributed by atoms with Crippen molar-refractivity contribution in [1.29, 1.82) is 0 Å². The first-order valence-electron chi connectivity index (χ1n) is 37.4. The van der Waals surface area contributed by atoms with Gasteiger partial charge in [0.25, 0.3) is 0 Å². The van der Waals surface area contributed by atoms with Crippen molar-refractivity contribution in [2.45, 2.75) is 335 Å². The van der Waals surface area contributed by atoms with Crippen LogP contribution in [0.3, 0.4) is 0 Å². The van der Waals surface area contributed by atoms with Gasteiger partial charge in [-0.15, -0.1) is 0 Å². The van der Waals surface area contributed by atoms with Crippen LogP contribution in [0, 0.1) is 0 Å². The third-order valence-corrected chi connectivity index (χ3v) is 17.1. The molecule has 0 aliphatic heterocycles. The summed E-state index contributed by atoms with van der Waals surface area (Å²) in [5.41, 5.74) is 0. The first-order valence-corrected chi connectivity index (χ1v) is 38.9. The number of likely N-dealkylation sites (N-methyl/N-ethyl adjacent to an activating group) is 1. The van der Waals surface area contributed by atoms with Gasteiger partial charge in [-0.2, -0.15) is 0 Å². The highest BCUT2D eigenvalue weighted by atomic mass is 31.2. The van der Waals surface area contributed by atoms with Gasteiger partial charge >= 0.3 is 13.8 Å². The third-order valence-electron chi connectivity index (χ3n) is 16.1. The summed E-state index contributed by atoms with van der Waals surface area (Å²) in [6.45, 7) is 6.88. The van der Waals surface area contributed by atoms with E-state index in [0.29, 0.717) is 17.4 Å². The molecule has 0 bridgehead atoms. The summed E-state index contributed by atoms with van der Waals surface area (Å²) in [7, 11) is 1.48. The number of nitrogens with zero attached hydrogens (tertiary/aromatic N) is 1. The molecule has 0 rings (SSSR count). The number of carbonyl (C=O) groups excluding carboxylic acids is 2. The summed E-state index contributed by atoms with van der Waals surface area (Å²) in [5.74, 6) is -0.514. The van der Waals surface area contributed by atoms with E-state index in [0.717, 1.165) is 122 Å². The number of ether oxygens (including phenoxy) is 1. The summed E-state index contributed by atoms with van der Waals surface area (Å²) in [5, 5.41) is 3.07. The van der Waals surface area contributed by atoms with Crippen molar-refractivity contribution in [3.8, 4) is 0 Å². The molecule has 0 aliphatic carbocycles. The van der Waals surface area contributed by atoms with Crippen molar-refractivity contribution < 1.29 is 37.3 Å². The van der Waals surface area contributed by atoms with Gasteiger partial charge in [0.1, 0.15) is 19.3 Å². The average molecular weight is 1270 g/mol. The first kappa shape index (κ1) is 86.4. The number of unbranched alkanes of at least 4 members (excludes halogenated alkanes) is 33. The number of rotatable bonds is 67. The quantitative estimate of drug-likeness (QED) is 0.0205. The Morgan fingerprint density at radius 1 is 0.400 bits per heavy atom. The minimum atomic E-state index is -4.47. The molecule has 1 amide bonds. The van der Waals surface area contributed by atoms with Crippen molar-refractivity contribution in [2.75, 3.05) is 40.9 Å². The van der Waals surface area contributed by atoms with Crippen LogP contribution >= 0.6 is 7.82 Å². The van der Waals surface area contributed by atoms with Gasteiger partial charge < -0.3 is 19.4 Å². The summed E-state index contributed by atoms with van der Waals surface area (Å²) in [6.07, 6.45) is 96.4. The van der Waals surface area contributed by atoms with Crippen molar-refractivity contribution in [1.82, 2.24) is 5.32 Å². The van der Waals surface area contributed by atoms with Crippen molar-refractivity contribution in [3.05, 3.63) is 122 Å². The Balaban J connectivity index is 5.04. The minimum Gasteiger partial charge on any atom is -0.456 e. The fourth-order valence-corrected chi connectivity index (χ4v) is 11.2. The molecule has 518 valence electrons. The number of carbonyl (C=O) groups is 2. The highest BCUT2D eigenvalue weighted by Crippen LogP contribution is 2.43. The lowest BCUT2D eigenvalue weighted by Crippen LogP contribution is -2.47. The van der Waals surface area contributed by atoms with Crippen LogP contribution in [-0.2, 0) is 27.9 Å². The topological polar surface area (TPSA) is 111 Å².